The van der Waals surface area contributed by atoms with E-state index in [1.165, 1.54) is 0 Å². The summed E-state index contributed by atoms with van der Waals surface area (Å²) < 4.78 is 22.5. The van der Waals surface area contributed by atoms with Gasteiger partial charge in [0.15, 0.2) is 0 Å². The number of hydrogen-bond donors (Lipinski definition) is 11. The third-order valence-electron chi connectivity index (χ3n) is 8.26. The van der Waals surface area contributed by atoms with E-state index in [0.29, 0.717) is 18.4 Å². The molecule has 0 heterocycles. The van der Waals surface area contributed by atoms with Gasteiger partial charge in [0, 0.05) is 13.0 Å². The van der Waals surface area contributed by atoms with Gasteiger partial charge in [-0.05, 0) is 23.8 Å². The summed E-state index contributed by atoms with van der Waals surface area (Å²) >= 11 is 0. The SMILES string of the molecule is CC[C@H](C)[C@@H](N)C(=O)N[C@@H](CC(N)=O)C(=O)N[C@@H](COP(=O)(O)OCCNC(=O)[C@@H](N)CC(C)C)C(=O)N[C@@H](CC(=O)O)C(=O)N[C@@H](Cc1ccccc1)C(=O)O. The highest BCUT2D eigenvalue weighted by Gasteiger charge is 2.35. The Morgan fingerprint density at radius 2 is 1.28 bits per heavy atom. The number of rotatable bonds is 27. The van der Waals surface area contributed by atoms with Gasteiger partial charge >= 0.3 is 19.8 Å². The van der Waals surface area contributed by atoms with Crippen LogP contribution in [-0.2, 0) is 58.4 Å². The Morgan fingerprint density at radius 1 is 0.754 bits per heavy atom. The van der Waals surface area contributed by atoms with E-state index in [1.54, 1.807) is 44.2 Å². The topological polar surface area (TPSA) is 371 Å². The van der Waals surface area contributed by atoms with Crippen molar-refractivity contribution in [2.24, 2.45) is 29.0 Å². The van der Waals surface area contributed by atoms with E-state index in [4.69, 9.17) is 26.2 Å². The third kappa shape index (κ3) is 19.6. The number of carboxylic acid groups (broad SMARTS) is 2. The maximum atomic E-state index is 13.6. The zero-order valence-electron chi connectivity index (χ0n) is 32.2. The molecular formula is C34H55N8O14P. The van der Waals surface area contributed by atoms with Crippen LogP contribution in [-0.4, -0.2) is 118 Å². The van der Waals surface area contributed by atoms with Gasteiger partial charge in [-0.25, -0.2) is 9.36 Å². The number of nitrogens with two attached hydrogens (primary N) is 3. The second kappa shape index (κ2) is 24.6. The number of phosphoric ester groups is 1. The van der Waals surface area contributed by atoms with Crippen molar-refractivity contribution in [3.05, 3.63) is 35.9 Å². The Bertz CT molecular complexity index is 1600. The summed E-state index contributed by atoms with van der Waals surface area (Å²) in [7, 11) is -5.08. The number of carbonyl (C=O) groups is 8. The zero-order valence-corrected chi connectivity index (χ0v) is 33.1. The van der Waals surface area contributed by atoms with Crippen LogP contribution < -0.4 is 43.8 Å². The monoisotopic (exact) mass is 830 g/mol. The van der Waals surface area contributed by atoms with E-state index in [1.807, 2.05) is 13.8 Å². The first-order chi connectivity index (χ1) is 26.6. The number of amides is 6. The van der Waals surface area contributed by atoms with Crippen molar-refractivity contribution < 1.29 is 67.1 Å². The van der Waals surface area contributed by atoms with Crippen molar-refractivity contribution >= 4 is 55.2 Å². The minimum atomic E-state index is -5.08. The number of nitrogens with one attached hydrogen (secondary N) is 5. The predicted molar refractivity (Wildman–Crippen MR) is 201 cm³/mol. The first-order valence-electron chi connectivity index (χ1n) is 18.0. The molecule has 6 amide bonds. The first-order valence-corrected chi connectivity index (χ1v) is 19.4. The molecule has 0 aromatic heterocycles. The number of phosphoric acid groups is 1. The van der Waals surface area contributed by atoms with Gasteiger partial charge < -0.3 is 58.9 Å². The average Bonchev–Trinajstić information content (AvgIpc) is 3.12. The second-order valence-electron chi connectivity index (χ2n) is 13.6. The van der Waals surface area contributed by atoms with Crippen LogP contribution in [0.25, 0.3) is 0 Å². The van der Waals surface area contributed by atoms with Crippen LogP contribution in [0.5, 0.6) is 0 Å². The molecule has 23 heteroatoms. The highest BCUT2D eigenvalue weighted by molar-refractivity contribution is 7.47. The fourth-order valence-corrected chi connectivity index (χ4v) is 5.65. The molecule has 1 aromatic rings. The normalized spacial score (nSPS) is 15.9. The first kappa shape index (κ1) is 50.0. The van der Waals surface area contributed by atoms with Crippen LogP contribution in [0.15, 0.2) is 30.3 Å². The molecule has 14 N–H and O–H groups in total. The standard InChI is InChI=1S/C34H55N8O14P/c1-5-19(4)28(37)33(50)40-22(15-26(36)43)30(47)42-25(17-56-57(53,54)55-12-11-38-29(46)21(35)13-18(2)3)32(49)39-23(16-27(44)45)31(48)41-24(34(51)52)14-20-9-7-6-8-10-20/h6-10,18-19,21-25,28H,5,11-17,35,37H2,1-4H3,(H2,36,43)(H,38,46)(H,39,49)(H,40,50)(H,41,48)(H,42,47)(H,44,45)(H,51,52)(H,53,54)/t19-,21-,22-,23-,24-,25-,28+/m0/s1. The molecule has 22 nitrogen and oxygen atoms in total. The Kier molecular flexibility index (Phi) is 21.6. The molecule has 1 aromatic carbocycles. The molecule has 0 bridgehead atoms. The molecule has 0 saturated heterocycles. The summed E-state index contributed by atoms with van der Waals surface area (Å²) in [4.78, 5) is 111. The van der Waals surface area contributed by atoms with E-state index < -0.39 is 118 Å². The highest BCUT2D eigenvalue weighted by Crippen LogP contribution is 2.42. The molecule has 0 aliphatic heterocycles. The van der Waals surface area contributed by atoms with E-state index in [9.17, 15) is 58.0 Å². The largest absolute Gasteiger partial charge is 0.481 e. The molecule has 8 atom stereocenters. The van der Waals surface area contributed by atoms with Crippen molar-refractivity contribution in [2.45, 2.75) is 96.1 Å². The summed E-state index contributed by atoms with van der Waals surface area (Å²) in [5.74, 6) is -9.78. The van der Waals surface area contributed by atoms with Gasteiger partial charge in [-0.1, -0.05) is 64.4 Å². The molecule has 0 aliphatic rings. The lowest BCUT2D eigenvalue weighted by Crippen LogP contribution is -2.60. The minimum absolute atomic E-state index is 0.110. The quantitative estimate of drug-likeness (QED) is 0.0325. The van der Waals surface area contributed by atoms with E-state index in [-0.39, 0.29) is 24.8 Å². The number of aliphatic carboxylic acids is 2. The minimum Gasteiger partial charge on any atom is -0.481 e. The smallest absolute Gasteiger partial charge is 0.472 e. The average molecular weight is 831 g/mol. The van der Waals surface area contributed by atoms with Crippen molar-refractivity contribution in [2.75, 3.05) is 19.8 Å². The zero-order chi connectivity index (χ0) is 43.5. The summed E-state index contributed by atoms with van der Waals surface area (Å²) in [6.07, 6.45) is -1.31. The molecule has 0 saturated carbocycles. The third-order valence-corrected chi connectivity index (χ3v) is 9.25. The molecule has 0 spiro atoms. The van der Waals surface area contributed by atoms with Gasteiger partial charge in [-0.3, -0.25) is 42.6 Å². The molecule has 57 heavy (non-hydrogen) atoms. The fourth-order valence-electron chi connectivity index (χ4n) is 4.91. The lowest BCUT2D eigenvalue weighted by Gasteiger charge is -2.26. The molecule has 0 radical (unpaired) electrons. The van der Waals surface area contributed by atoms with E-state index in [2.05, 4.69) is 26.6 Å². The van der Waals surface area contributed by atoms with Gasteiger partial charge in [0.1, 0.15) is 24.2 Å². The summed E-state index contributed by atoms with van der Waals surface area (Å²) in [6, 6.07) is -1.30. The van der Waals surface area contributed by atoms with Crippen LogP contribution >= 0.6 is 7.82 Å². The Balaban J connectivity index is 3.33. The van der Waals surface area contributed by atoms with Crippen LogP contribution in [0, 0.1) is 11.8 Å². The Morgan fingerprint density at radius 3 is 1.81 bits per heavy atom. The van der Waals surface area contributed by atoms with Crippen molar-refractivity contribution in [3.8, 4) is 0 Å². The number of carbonyl (C=O) groups excluding carboxylic acids is 6. The fraction of sp³-hybridized carbons (Fsp3) is 0.588. The van der Waals surface area contributed by atoms with E-state index in [0.717, 1.165) is 0 Å². The van der Waals surface area contributed by atoms with Crippen molar-refractivity contribution in [3.63, 3.8) is 0 Å². The van der Waals surface area contributed by atoms with Gasteiger partial charge in [-0.15, -0.1) is 0 Å². The molecule has 1 unspecified atom stereocenters. The molecule has 1 rings (SSSR count). The molecule has 0 aliphatic carbocycles. The predicted octanol–water partition coefficient (Wildman–Crippen LogP) is -2.40. The molecule has 0 fully saturated rings. The maximum Gasteiger partial charge on any atom is 0.472 e. The van der Waals surface area contributed by atoms with Gasteiger partial charge in [0.2, 0.25) is 35.4 Å². The lowest BCUT2D eigenvalue weighted by molar-refractivity contribution is -0.143. The van der Waals surface area contributed by atoms with E-state index >= 15 is 0 Å². The summed E-state index contributed by atoms with van der Waals surface area (Å²) in [5, 5.41) is 30.2. The van der Waals surface area contributed by atoms with Crippen LogP contribution in [0.4, 0.5) is 0 Å². The van der Waals surface area contributed by atoms with Crippen LogP contribution in [0.2, 0.25) is 0 Å². The summed E-state index contributed by atoms with van der Waals surface area (Å²) in [5.41, 5.74) is 17.5. The Labute approximate surface area is 329 Å². The second-order valence-corrected chi connectivity index (χ2v) is 15.0. The highest BCUT2D eigenvalue weighted by atomic mass is 31.2. The molecular weight excluding hydrogens is 775 g/mol. The van der Waals surface area contributed by atoms with Crippen LogP contribution in [0.1, 0.15) is 58.9 Å². The number of primary amides is 1. The number of carboxylic acids is 2. The lowest BCUT2D eigenvalue weighted by atomic mass is 9.99. The Hall–Kier alpha value is -4.99. The van der Waals surface area contributed by atoms with Gasteiger partial charge in [-0.2, -0.15) is 0 Å². The molecule has 320 valence electrons. The van der Waals surface area contributed by atoms with Gasteiger partial charge in [0.25, 0.3) is 0 Å². The maximum absolute atomic E-state index is 13.6. The van der Waals surface area contributed by atoms with Crippen LogP contribution in [0.3, 0.4) is 0 Å². The van der Waals surface area contributed by atoms with Crippen molar-refractivity contribution in [1.29, 1.82) is 0 Å². The number of hydrogen-bond acceptors (Lipinski definition) is 13. The number of benzene rings is 1. The van der Waals surface area contributed by atoms with Gasteiger partial charge in [0.05, 0.1) is 38.1 Å². The summed E-state index contributed by atoms with van der Waals surface area (Å²) in [6.45, 7) is 5.03. The van der Waals surface area contributed by atoms with Crippen molar-refractivity contribution in [1.82, 2.24) is 26.6 Å².